The minimum absolute atomic E-state index is 0.116. The second-order valence-corrected chi connectivity index (χ2v) is 5.48. The third-order valence-corrected chi connectivity index (χ3v) is 3.21. The van der Waals surface area contributed by atoms with E-state index in [4.69, 9.17) is 4.74 Å². The number of hydrogen-bond acceptors (Lipinski definition) is 2. The van der Waals surface area contributed by atoms with Gasteiger partial charge in [-0.1, -0.05) is 26.0 Å². The number of benzene rings is 2. The lowest BCUT2D eigenvalue weighted by molar-refractivity contribution is 0.102. The highest BCUT2D eigenvalue weighted by atomic mass is 16.5. The number of carbonyl (C=O) groups is 1. The maximum atomic E-state index is 12.1. The van der Waals surface area contributed by atoms with Crippen LogP contribution in [0.2, 0.25) is 0 Å². The number of anilines is 1. The molecule has 1 N–H and O–H groups in total. The maximum absolute atomic E-state index is 12.1. The summed E-state index contributed by atoms with van der Waals surface area (Å²) >= 11 is 0. The van der Waals surface area contributed by atoms with Gasteiger partial charge in [0.15, 0.2) is 0 Å². The van der Waals surface area contributed by atoms with Crippen LogP contribution in [-0.4, -0.2) is 13.0 Å². The molecular weight excluding hydrogens is 262 g/mol. The Morgan fingerprint density at radius 3 is 2.19 bits per heavy atom. The van der Waals surface area contributed by atoms with Gasteiger partial charge in [-0.25, -0.2) is 0 Å². The van der Waals surface area contributed by atoms with Gasteiger partial charge in [-0.2, -0.15) is 0 Å². The van der Waals surface area contributed by atoms with Gasteiger partial charge in [0.1, 0.15) is 5.75 Å². The summed E-state index contributed by atoms with van der Waals surface area (Å²) < 4.78 is 5.08. The van der Waals surface area contributed by atoms with Crippen molar-refractivity contribution < 1.29 is 9.53 Å². The fraction of sp³-hybridized carbons (Fsp3) is 0.278. The number of rotatable bonds is 5. The van der Waals surface area contributed by atoms with Crippen molar-refractivity contribution in [1.82, 2.24) is 0 Å². The number of carbonyl (C=O) groups excluding carboxylic acids is 1. The summed E-state index contributed by atoms with van der Waals surface area (Å²) in [4.78, 5) is 12.1. The van der Waals surface area contributed by atoms with E-state index in [9.17, 15) is 4.79 Å². The first kappa shape index (κ1) is 15.1. The van der Waals surface area contributed by atoms with Crippen LogP contribution in [0.1, 0.15) is 29.8 Å². The van der Waals surface area contributed by atoms with Gasteiger partial charge in [-0.3, -0.25) is 4.79 Å². The van der Waals surface area contributed by atoms with E-state index >= 15 is 0 Å². The van der Waals surface area contributed by atoms with Gasteiger partial charge in [0.05, 0.1) is 7.11 Å². The monoisotopic (exact) mass is 283 g/mol. The van der Waals surface area contributed by atoms with E-state index in [1.807, 2.05) is 12.1 Å². The summed E-state index contributed by atoms with van der Waals surface area (Å²) in [5.41, 5.74) is 2.71. The molecule has 2 aromatic rings. The first-order valence-electron chi connectivity index (χ1n) is 7.13. The Kier molecular flexibility index (Phi) is 4.99. The molecule has 0 unspecified atom stereocenters. The van der Waals surface area contributed by atoms with Crippen LogP contribution in [0.3, 0.4) is 0 Å². The van der Waals surface area contributed by atoms with Crippen molar-refractivity contribution in [3.8, 4) is 5.75 Å². The van der Waals surface area contributed by atoms with Crippen LogP contribution in [0.15, 0.2) is 48.5 Å². The summed E-state index contributed by atoms with van der Waals surface area (Å²) in [5, 5.41) is 2.90. The molecule has 0 aromatic heterocycles. The number of amides is 1. The quantitative estimate of drug-likeness (QED) is 0.895. The molecule has 0 heterocycles. The van der Waals surface area contributed by atoms with Gasteiger partial charge in [0, 0.05) is 11.3 Å². The van der Waals surface area contributed by atoms with Crippen LogP contribution in [-0.2, 0) is 6.42 Å². The lowest BCUT2D eigenvalue weighted by Crippen LogP contribution is -2.11. The maximum Gasteiger partial charge on any atom is 0.255 e. The Morgan fingerprint density at radius 2 is 1.67 bits per heavy atom. The molecule has 2 rings (SSSR count). The lowest BCUT2D eigenvalue weighted by atomic mass is 10.0. The first-order chi connectivity index (χ1) is 10.1. The highest BCUT2D eigenvalue weighted by Crippen LogP contribution is 2.16. The van der Waals surface area contributed by atoms with Crippen molar-refractivity contribution in [1.29, 1.82) is 0 Å². The Labute approximate surface area is 126 Å². The van der Waals surface area contributed by atoms with E-state index in [1.165, 1.54) is 5.56 Å². The Hall–Kier alpha value is -2.29. The molecule has 3 heteroatoms. The van der Waals surface area contributed by atoms with Gasteiger partial charge in [-0.15, -0.1) is 0 Å². The summed E-state index contributed by atoms with van der Waals surface area (Å²) in [7, 11) is 1.60. The summed E-state index contributed by atoms with van der Waals surface area (Å²) in [6.07, 6.45) is 1.05. The molecule has 110 valence electrons. The second kappa shape index (κ2) is 6.93. The van der Waals surface area contributed by atoms with E-state index in [-0.39, 0.29) is 5.91 Å². The number of ether oxygens (including phenoxy) is 1. The van der Waals surface area contributed by atoms with Crippen molar-refractivity contribution in [2.45, 2.75) is 20.3 Å². The van der Waals surface area contributed by atoms with Gasteiger partial charge < -0.3 is 10.1 Å². The predicted octanol–water partition coefficient (Wildman–Crippen LogP) is 4.15. The van der Waals surface area contributed by atoms with Crippen LogP contribution in [0, 0.1) is 5.92 Å². The van der Waals surface area contributed by atoms with Gasteiger partial charge in [0.25, 0.3) is 5.91 Å². The van der Waals surface area contributed by atoms with E-state index in [0.717, 1.165) is 17.9 Å². The van der Waals surface area contributed by atoms with Gasteiger partial charge in [0.2, 0.25) is 0 Å². The number of hydrogen-bond donors (Lipinski definition) is 1. The average molecular weight is 283 g/mol. The highest BCUT2D eigenvalue weighted by molar-refractivity contribution is 6.04. The minimum Gasteiger partial charge on any atom is -0.497 e. The summed E-state index contributed by atoms with van der Waals surface area (Å²) in [5.74, 6) is 1.25. The Balaban J connectivity index is 2.01. The molecule has 0 saturated heterocycles. The molecule has 1 amide bonds. The molecule has 21 heavy (non-hydrogen) atoms. The fourth-order valence-electron chi connectivity index (χ4n) is 2.14. The molecule has 0 saturated carbocycles. The van der Waals surface area contributed by atoms with Crippen LogP contribution in [0.4, 0.5) is 5.69 Å². The molecule has 0 spiro atoms. The molecule has 3 nitrogen and oxygen atoms in total. The van der Waals surface area contributed by atoms with E-state index < -0.39 is 0 Å². The molecule has 0 aliphatic carbocycles. The number of nitrogens with one attached hydrogen (secondary N) is 1. The second-order valence-electron chi connectivity index (χ2n) is 5.48. The van der Waals surface area contributed by atoms with Crippen LogP contribution in [0.25, 0.3) is 0 Å². The molecular formula is C18H21NO2. The summed E-state index contributed by atoms with van der Waals surface area (Å²) in [6.45, 7) is 4.39. The van der Waals surface area contributed by atoms with Crippen LogP contribution >= 0.6 is 0 Å². The van der Waals surface area contributed by atoms with Crippen molar-refractivity contribution in [3.05, 3.63) is 59.7 Å². The average Bonchev–Trinajstić information content (AvgIpc) is 2.49. The zero-order valence-electron chi connectivity index (χ0n) is 12.7. The van der Waals surface area contributed by atoms with Crippen LogP contribution < -0.4 is 10.1 Å². The van der Waals surface area contributed by atoms with Gasteiger partial charge in [-0.05, 0) is 54.3 Å². The topological polar surface area (TPSA) is 38.3 Å². The first-order valence-corrected chi connectivity index (χ1v) is 7.13. The van der Waals surface area contributed by atoms with E-state index in [2.05, 4.69) is 31.3 Å². The zero-order chi connectivity index (χ0) is 15.2. The predicted molar refractivity (Wildman–Crippen MR) is 85.9 cm³/mol. The Morgan fingerprint density at radius 1 is 1.05 bits per heavy atom. The smallest absolute Gasteiger partial charge is 0.255 e. The van der Waals surface area contributed by atoms with Crippen LogP contribution in [0.5, 0.6) is 5.75 Å². The largest absolute Gasteiger partial charge is 0.497 e. The molecule has 0 aliphatic heterocycles. The molecule has 0 fully saturated rings. The molecule has 0 aliphatic rings. The van der Waals surface area contributed by atoms with Crippen molar-refractivity contribution in [2.24, 2.45) is 5.92 Å². The van der Waals surface area contributed by atoms with Gasteiger partial charge >= 0.3 is 0 Å². The Bertz CT molecular complexity index is 586. The standard InChI is InChI=1S/C18H21NO2/c1-13(2)12-14-4-8-16(9-5-14)19-18(20)15-6-10-17(21-3)11-7-15/h4-11,13H,12H2,1-3H3,(H,19,20). The normalized spacial score (nSPS) is 10.5. The summed E-state index contributed by atoms with van der Waals surface area (Å²) in [6, 6.07) is 15.1. The SMILES string of the molecule is COc1ccc(C(=O)Nc2ccc(CC(C)C)cc2)cc1. The highest BCUT2D eigenvalue weighted by Gasteiger charge is 2.06. The number of methoxy groups -OCH3 is 1. The van der Waals surface area contributed by atoms with Crippen molar-refractivity contribution in [2.75, 3.05) is 12.4 Å². The third-order valence-electron chi connectivity index (χ3n) is 3.21. The van der Waals surface area contributed by atoms with E-state index in [1.54, 1.807) is 31.4 Å². The van der Waals surface area contributed by atoms with Crippen molar-refractivity contribution in [3.63, 3.8) is 0 Å². The lowest BCUT2D eigenvalue weighted by Gasteiger charge is -2.08. The third kappa shape index (κ3) is 4.35. The molecule has 2 aromatic carbocycles. The zero-order valence-corrected chi connectivity index (χ0v) is 12.7. The molecule has 0 atom stereocenters. The van der Waals surface area contributed by atoms with Crippen molar-refractivity contribution >= 4 is 11.6 Å². The fourth-order valence-corrected chi connectivity index (χ4v) is 2.14. The minimum atomic E-state index is -0.116. The molecule has 0 radical (unpaired) electrons. The van der Waals surface area contributed by atoms with E-state index in [0.29, 0.717) is 11.5 Å². The molecule has 0 bridgehead atoms.